The minimum absolute atomic E-state index is 0.00674. The van der Waals surface area contributed by atoms with Crippen LogP contribution in [0.25, 0.3) is 0 Å². The third-order valence-corrected chi connectivity index (χ3v) is 10.6. The van der Waals surface area contributed by atoms with E-state index in [-0.39, 0.29) is 10.5 Å². The van der Waals surface area contributed by atoms with Gasteiger partial charge in [0.25, 0.3) is 0 Å². The molecule has 0 fully saturated rings. The van der Waals surface area contributed by atoms with Crippen molar-refractivity contribution in [3.63, 3.8) is 0 Å². The van der Waals surface area contributed by atoms with Gasteiger partial charge in [-0.1, -0.05) is 121 Å². The number of carboxylic acids is 1. The molecule has 0 saturated heterocycles. The SMILES string of the molecule is N[C@@H](C[S+](SC(c1ccccc1)c1ccccc1)C(c1ccccc1)c1ccccc1)C(=O)[O-]. The van der Waals surface area contributed by atoms with E-state index in [1.165, 1.54) is 11.1 Å². The van der Waals surface area contributed by atoms with Gasteiger partial charge in [0.05, 0.1) is 21.9 Å². The summed E-state index contributed by atoms with van der Waals surface area (Å²) in [5.74, 6) is -0.897. The van der Waals surface area contributed by atoms with Crippen molar-refractivity contribution in [1.82, 2.24) is 0 Å². The summed E-state index contributed by atoms with van der Waals surface area (Å²) >= 11 is 0. The van der Waals surface area contributed by atoms with Gasteiger partial charge in [-0.3, -0.25) is 0 Å². The molecule has 0 aliphatic carbocycles. The van der Waals surface area contributed by atoms with Gasteiger partial charge in [0, 0.05) is 11.1 Å². The van der Waals surface area contributed by atoms with Crippen LogP contribution >= 0.6 is 10.8 Å². The predicted octanol–water partition coefficient (Wildman–Crippen LogP) is 4.91. The van der Waals surface area contributed by atoms with Crippen LogP contribution in [0.5, 0.6) is 0 Å². The zero-order chi connectivity index (χ0) is 23.8. The molecule has 1 unspecified atom stereocenters. The monoisotopic (exact) mass is 485 g/mol. The lowest BCUT2D eigenvalue weighted by atomic mass is 10.0. The van der Waals surface area contributed by atoms with Crippen LogP contribution in [-0.4, -0.2) is 17.8 Å². The van der Waals surface area contributed by atoms with Crippen LogP contribution in [0.2, 0.25) is 0 Å². The van der Waals surface area contributed by atoms with E-state index in [9.17, 15) is 9.90 Å². The molecule has 0 aliphatic rings. The summed E-state index contributed by atoms with van der Waals surface area (Å²) < 4.78 is 0. The van der Waals surface area contributed by atoms with Gasteiger partial charge in [-0.15, -0.1) is 0 Å². The number of benzene rings is 4. The van der Waals surface area contributed by atoms with Gasteiger partial charge in [-0.2, -0.15) is 0 Å². The molecule has 3 nitrogen and oxygen atoms in total. The van der Waals surface area contributed by atoms with E-state index >= 15 is 0 Å². The first-order valence-electron chi connectivity index (χ1n) is 11.2. The van der Waals surface area contributed by atoms with Crippen molar-refractivity contribution in [2.75, 3.05) is 5.75 Å². The van der Waals surface area contributed by atoms with Crippen LogP contribution in [0.4, 0.5) is 0 Å². The highest BCUT2D eigenvalue weighted by atomic mass is 33.1. The summed E-state index contributed by atoms with van der Waals surface area (Å²) in [6, 6.07) is 40.3. The van der Waals surface area contributed by atoms with Gasteiger partial charge in [-0.25, -0.2) is 0 Å². The van der Waals surface area contributed by atoms with E-state index < -0.39 is 21.9 Å². The van der Waals surface area contributed by atoms with Gasteiger partial charge in [0.2, 0.25) is 0 Å². The Balaban J connectivity index is 1.81. The number of carboxylic acid groups (broad SMARTS) is 1. The highest BCUT2D eigenvalue weighted by Crippen LogP contribution is 2.47. The maximum Gasteiger partial charge on any atom is 0.180 e. The van der Waals surface area contributed by atoms with E-state index in [0.29, 0.717) is 5.75 Å². The maximum absolute atomic E-state index is 11.7. The van der Waals surface area contributed by atoms with Gasteiger partial charge in [-0.05, 0) is 11.1 Å². The zero-order valence-electron chi connectivity index (χ0n) is 18.7. The highest BCUT2D eigenvalue weighted by Gasteiger charge is 2.40. The Bertz CT molecular complexity index is 1080. The fourth-order valence-corrected chi connectivity index (χ4v) is 9.53. The van der Waals surface area contributed by atoms with Gasteiger partial charge >= 0.3 is 0 Å². The van der Waals surface area contributed by atoms with Crippen LogP contribution in [0.1, 0.15) is 32.8 Å². The molecule has 4 rings (SSSR count). The molecule has 0 heterocycles. The molecule has 0 bridgehead atoms. The lowest BCUT2D eigenvalue weighted by Gasteiger charge is -2.25. The minimum Gasteiger partial charge on any atom is -0.548 e. The Morgan fingerprint density at radius 2 is 1.03 bits per heavy atom. The quantitative estimate of drug-likeness (QED) is 0.256. The van der Waals surface area contributed by atoms with Crippen molar-refractivity contribution < 1.29 is 9.90 Å². The molecule has 0 saturated carbocycles. The summed E-state index contributed by atoms with van der Waals surface area (Å²) in [6.07, 6.45) is 0. The van der Waals surface area contributed by atoms with Crippen molar-refractivity contribution in [3.8, 4) is 0 Å². The van der Waals surface area contributed by atoms with E-state index in [1.807, 2.05) is 72.8 Å². The second kappa shape index (κ2) is 11.9. The number of nitrogens with two attached hydrogens (primary N) is 1. The molecule has 2 atom stereocenters. The molecule has 2 N–H and O–H groups in total. The first kappa shape index (κ1) is 24.1. The molecular formula is C29H27NO2S2. The summed E-state index contributed by atoms with van der Waals surface area (Å²) in [5, 5.41) is 11.7. The normalized spacial score (nSPS) is 13.0. The summed E-state index contributed by atoms with van der Waals surface area (Å²) in [6.45, 7) is 0. The Hall–Kier alpha value is -2.99. The molecule has 0 aromatic heterocycles. The zero-order valence-corrected chi connectivity index (χ0v) is 20.3. The van der Waals surface area contributed by atoms with Crippen molar-refractivity contribution in [1.29, 1.82) is 0 Å². The summed E-state index contributed by atoms with van der Waals surface area (Å²) in [5.41, 5.74) is 10.7. The second-order valence-electron chi connectivity index (χ2n) is 7.97. The van der Waals surface area contributed by atoms with Crippen molar-refractivity contribution in [2.45, 2.75) is 16.5 Å². The van der Waals surface area contributed by atoms with E-state index in [2.05, 4.69) is 48.5 Å². The third kappa shape index (κ3) is 6.11. The van der Waals surface area contributed by atoms with Crippen LogP contribution < -0.4 is 10.8 Å². The molecule has 5 heteroatoms. The fraction of sp³-hybridized carbons (Fsp3) is 0.138. The van der Waals surface area contributed by atoms with Crippen LogP contribution in [0, 0.1) is 0 Å². The molecule has 172 valence electrons. The predicted molar refractivity (Wildman–Crippen MR) is 142 cm³/mol. The van der Waals surface area contributed by atoms with Crippen molar-refractivity contribution in [3.05, 3.63) is 144 Å². The first-order chi connectivity index (χ1) is 16.6. The number of carbonyl (C=O) groups is 1. The van der Waals surface area contributed by atoms with Crippen molar-refractivity contribution in [2.24, 2.45) is 5.73 Å². The van der Waals surface area contributed by atoms with E-state index in [4.69, 9.17) is 5.73 Å². The Morgan fingerprint density at radius 3 is 1.38 bits per heavy atom. The minimum atomic E-state index is -1.21. The molecular weight excluding hydrogens is 458 g/mol. The fourth-order valence-electron chi connectivity index (χ4n) is 3.87. The topological polar surface area (TPSA) is 66.2 Å². The second-order valence-corrected chi connectivity index (χ2v) is 12.1. The van der Waals surface area contributed by atoms with Crippen molar-refractivity contribution >= 4 is 26.7 Å². The van der Waals surface area contributed by atoms with Crippen LogP contribution in [0.3, 0.4) is 0 Å². The highest BCUT2D eigenvalue weighted by molar-refractivity contribution is 8.74. The molecule has 0 spiro atoms. The van der Waals surface area contributed by atoms with Crippen LogP contribution in [0.15, 0.2) is 121 Å². The third-order valence-electron chi connectivity index (χ3n) is 5.54. The first-order valence-corrected chi connectivity index (χ1v) is 14.0. The Labute approximate surface area is 207 Å². The summed E-state index contributed by atoms with van der Waals surface area (Å²) in [7, 11) is 1.32. The number of hydrogen-bond donors (Lipinski definition) is 1. The van der Waals surface area contributed by atoms with Gasteiger partial charge in [0.15, 0.2) is 5.25 Å². The lowest BCUT2D eigenvalue weighted by molar-refractivity contribution is -0.306. The molecule has 4 aromatic rings. The average molecular weight is 486 g/mol. The smallest absolute Gasteiger partial charge is 0.180 e. The van der Waals surface area contributed by atoms with Gasteiger partial charge < -0.3 is 15.6 Å². The number of aliphatic carboxylic acids is 1. The van der Waals surface area contributed by atoms with E-state index in [0.717, 1.165) is 11.1 Å². The molecule has 0 aliphatic heterocycles. The number of rotatable bonds is 10. The summed E-state index contributed by atoms with van der Waals surface area (Å²) in [4.78, 5) is 11.7. The molecule has 0 amide bonds. The number of hydrogen-bond acceptors (Lipinski definition) is 4. The average Bonchev–Trinajstić information content (AvgIpc) is 2.89. The largest absolute Gasteiger partial charge is 0.548 e. The lowest BCUT2D eigenvalue weighted by Crippen LogP contribution is -2.46. The maximum atomic E-state index is 11.7. The van der Waals surface area contributed by atoms with Gasteiger partial charge in [0.1, 0.15) is 21.8 Å². The van der Waals surface area contributed by atoms with Crippen LogP contribution in [-0.2, 0) is 14.7 Å². The van der Waals surface area contributed by atoms with E-state index in [1.54, 1.807) is 10.8 Å². The molecule has 34 heavy (non-hydrogen) atoms. The molecule has 4 aromatic carbocycles. The standard InChI is InChI=1S/C29H27NO2S2/c30-26(29(31)32)21-34(28(24-17-9-3-10-18-24)25-19-11-4-12-20-25)33-27(22-13-5-1-6-14-22)23-15-7-2-8-16-23/h1-20,26-28H,21,30H2/t26-,34?/m0/s1. The Kier molecular flexibility index (Phi) is 8.47. The number of carbonyl (C=O) groups excluding carboxylic acids is 1. The Morgan fingerprint density at radius 1 is 0.676 bits per heavy atom. The molecule has 0 radical (unpaired) electrons.